The summed E-state index contributed by atoms with van der Waals surface area (Å²) in [6.45, 7) is 2.69. The summed E-state index contributed by atoms with van der Waals surface area (Å²) in [5.41, 5.74) is 9.28. The molecule has 0 aliphatic rings. The van der Waals surface area contributed by atoms with Crippen LogP contribution in [0.15, 0.2) is 28.7 Å². The summed E-state index contributed by atoms with van der Waals surface area (Å²) in [6.07, 6.45) is 2.60. The third-order valence-electron chi connectivity index (χ3n) is 3.76. The van der Waals surface area contributed by atoms with Crippen molar-refractivity contribution in [1.82, 2.24) is 9.78 Å². The minimum atomic E-state index is -0.204. The Morgan fingerprint density at radius 2 is 1.95 bits per heavy atom. The normalized spacial score (nSPS) is 12.6. The standard InChI is InChI=1S/C16H21BrFN3/c1-3-14-16(17)15(21(2)20-14)9-12(10-19)8-11-4-6-13(18)7-5-11/h4-7,12H,3,8-10,19H2,1-2H3. The van der Waals surface area contributed by atoms with Gasteiger partial charge in [0.25, 0.3) is 0 Å². The van der Waals surface area contributed by atoms with Gasteiger partial charge in [0.2, 0.25) is 0 Å². The lowest BCUT2D eigenvalue weighted by Crippen LogP contribution is -2.20. The predicted molar refractivity (Wildman–Crippen MR) is 86.6 cm³/mol. The van der Waals surface area contributed by atoms with E-state index in [0.717, 1.165) is 35.0 Å². The van der Waals surface area contributed by atoms with Gasteiger partial charge in [-0.25, -0.2) is 4.39 Å². The number of aromatic nitrogens is 2. The van der Waals surface area contributed by atoms with Crippen molar-refractivity contribution in [1.29, 1.82) is 0 Å². The molecule has 2 rings (SSSR count). The third-order valence-corrected chi connectivity index (χ3v) is 4.67. The summed E-state index contributed by atoms with van der Waals surface area (Å²) in [6, 6.07) is 6.65. The maximum absolute atomic E-state index is 13.0. The molecule has 0 aliphatic heterocycles. The van der Waals surface area contributed by atoms with Crippen LogP contribution in [0.5, 0.6) is 0 Å². The molecular formula is C16H21BrFN3. The summed E-state index contributed by atoms with van der Waals surface area (Å²) in [5, 5.41) is 4.51. The monoisotopic (exact) mass is 353 g/mol. The highest BCUT2D eigenvalue weighted by Gasteiger charge is 2.17. The molecule has 2 aromatic rings. The lowest BCUT2D eigenvalue weighted by Gasteiger charge is -2.15. The van der Waals surface area contributed by atoms with Crippen molar-refractivity contribution in [3.63, 3.8) is 0 Å². The molecule has 1 atom stereocenters. The summed E-state index contributed by atoms with van der Waals surface area (Å²) in [4.78, 5) is 0. The fourth-order valence-corrected chi connectivity index (χ4v) is 3.29. The van der Waals surface area contributed by atoms with E-state index in [1.165, 1.54) is 17.8 Å². The van der Waals surface area contributed by atoms with Crippen LogP contribution in [0.2, 0.25) is 0 Å². The molecule has 21 heavy (non-hydrogen) atoms. The number of nitrogens with two attached hydrogens (primary N) is 1. The first-order valence-corrected chi connectivity index (χ1v) is 7.99. The van der Waals surface area contributed by atoms with Crippen LogP contribution in [0, 0.1) is 11.7 Å². The number of hydrogen-bond acceptors (Lipinski definition) is 2. The first-order valence-electron chi connectivity index (χ1n) is 7.19. The van der Waals surface area contributed by atoms with Crippen LogP contribution in [0.3, 0.4) is 0 Å². The first-order chi connectivity index (χ1) is 10.0. The Balaban J connectivity index is 2.12. The topological polar surface area (TPSA) is 43.8 Å². The lowest BCUT2D eigenvalue weighted by atomic mass is 9.94. The molecule has 114 valence electrons. The summed E-state index contributed by atoms with van der Waals surface area (Å²) < 4.78 is 16.0. The second-order valence-corrected chi connectivity index (χ2v) is 6.11. The van der Waals surface area contributed by atoms with Gasteiger partial charge in [0.05, 0.1) is 15.9 Å². The van der Waals surface area contributed by atoms with Gasteiger partial charge in [0.15, 0.2) is 0 Å². The zero-order valence-electron chi connectivity index (χ0n) is 12.4. The SMILES string of the molecule is CCc1nn(C)c(CC(CN)Cc2ccc(F)cc2)c1Br. The van der Waals surface area contributed by atoms with E-state index in [2.05, 4.69) is 28.0 Å². The molecule has 0 radical (unpaired) electrons. The van der Waals surface area contributed by atoms with E-state index in [0.29, 0.717) is 12.5 Å². The Hall–Kier alpha value is -1.20. The quantitative estimate of drug-likeness (QED) is 0.866. The Morgan fingerprint density at radius 1 is 1.29 bits per heavy atom. The molecule has 0 spiro atoms. The third kappa shape index (κ3) is 3.92. The largest absolute Gasteiger partial charge is 0.330 e. The summed E-state index contributed by atoms with van der Waals surface area (Å²) in [5.74, 6) is 0.108. The van der Waals surface area contributed by atoms with Crippen LogP contribution in [0.1, 0.15) is 23.9 Å². The van der Waals surface area contributed by atoms with E-state index in [9.17, 15) is 4.39 Å². The second kappa shape index (κ2) is 7.18. The first kappa shape index (κ1) is 16.2. The second-order valence-electron chi connectivity index (χ2n) is 5.32. The maximum atomic E-state index is 13.0. The van der Waals surface area contributed by atoms with Crippen LogP contribution >= 0.6 is 15.9 Å². The molecule has 1 heterocycles. The van der Waals surface area contributed by atoms with Crippen molar-refractivity contribution < 1.29 is 4.39 Å². The molecule has 0 bridgehead atoms. The molecule has 5 heteroatoms. The van der Waals surface area contributed by atoms with E-state index < -0.39 is 0 Å². The zero-order valence-corrected chi connectivity index (χ0v) is 14.0. The van der Waals surface area contributed by atoms with E-state index in [1.807, 2.05) is 23.9 Å². The van der Waals surface area contributed by atoms with Gasteiger partial charge in [0, 0.05) is 7.05 Å². The molecule has 3 nitrogen and oxygen atoms in total. The number of aryl methyl sites for hydroxylation is 2. The van der Waals surface area contributed by atoms with Crippen LogP contribution < -0.4 is 5.73 Å². The van der Waals surface area contributed by atoms with Crippen LogP contribution in [-0.4, -0.2) is 16.3 Å². The summed E-state index contributed by atoms with van der Waals surface area (Å²) in [7, 11) is 1.96. The van der Waals surface area contributed by atoms with Gasteiger partial charge in [-0.05, 0) is 65.4 Å². The molecule has 0 aliphatic carbocycles. The van der Waals surface area contributed by atoms with Crippen molar-refractivity contribution in [3.8, 4) is 0 Å². The molecule has 0 amide bonds. The van der Waals surface area contributed by atoms with Gasteiger partial charge >= 0.3 is 0 Å². The van der Waals surface area contributed by atoms with Gasteiger partial charge in [0.1, 0.15) is 5.82 Å². The summed E-state index contributed by atoms with van der Waals surface area (Å²) >= 11 is 3.64. The minimum Gasteiger partial charge on any atom is -0.330 e. The molecule has 0 saturated heterocycles. The van der Waals surface area contributed by atoms with Gasteiger partial charge in [-0.2, -0.15) is 5.10 Å². The average Bonchev–Trinajstić information content (AvgIpc) is 2.75. The Labute approximate surface area is 133 Å². The van der Waals surface area contributed by atoms with Gasteiger partial charge in [-0.15, -0.1) is 0 Å². The van der Waals surface area contributed by atoms with Crippen LogP contribution in [0.25, 0.3) is 0 Å². The number of hydrogen-bond donors (Lipinski definition) is 1. The van der Waals surface area contributed by atoms with Crippen molar-refractivity contribution in [2.45, 2.75) is 26.2 Å². The Kier molecular flexibility index (Phi) is 5.53. The zero-order chi connectivity index (χ0) is 15.4. The molecule has 0 saturated carbocycles. The van der Waals surface area contributed by atoms with Crippen molar-refractivity contribution in [2.75, 3.05) is 6.54 Å². The van der Waals surface area contributed by atoms with Gasteiger partial charge in [-0.3, -0.25) is 4.68 Å². The van der Waals surface area contributed by atoms with E-state index >= 15 is 0 Å². The molecular weight excluding hydrogens is 333 g/mol. The fourth-order valence-electron chi connectivity index (χ4n) is 2.51. The molecule has 0 fully saturated rings. The number of benzene rings is 1. The molecule has 1 aromatic carbocycles. The highest BCUT2D eigenvalue weighted by Crippen LogP contribution is 2.25. The van der Waals surface area contributed by atoms with E-state index in [-0.39, 0.29) is 5.82 Å². The van der Waals surface area contributed by atoms with Gasteiger partial charge in [-0.1, -0.05) is 19.1 Å². The highest BCUT2D eigenvalue weighted by molar-refractivity contribution is 9.10. The van der Waals surface area contributed by atoms with Crippen LogP contribution in [0.4, 0.5) is 4.39 Å². The maximum Gasteiger partial charge on any atom is 0.123 e. The Bertz CT molecular complexity index is 592. The van der Waals surface area contributed by atoms with Crippen LogP contribution in [-0.2, 0) is 26.3 Å². The number of nitrogens with zero attached hydrogens (tertiary/aromatic N) is 2. The predicted octanol–water partition coefficient (Wildman–Crippen LogP) is 3.24. The van der Waals surface area contributed by atoms with Crippen molar-refractivity contribution >= 4 is 15.9 Å². The van der Waals surface area contributed by atoms with E-state index in [4.69, 9.17) is 5.73 Å². The molecule has 1 unspecified atom stereocenters. The van der Waals surface area contributed by atoms with E-state index in [1.54, 1.807) is 0 Å². The smallest absolute Gasteiger partial charge is 0.123 e. The van der Waals surface area contributed by atoms with Gasteiger partial charge < -0.3 is 5.73 Å². The molecule has 1 aromatic heterocycles. The fraction of sp³-hybridized carbons (Fsp3) is 0.438. The Morgan fingerprint density at radius 3 is 2.48 bits per heavy atom. The number of rotatable bonds is 6. The van der Waals surface area contributed by atoms with Crippen molar-refractivity contribution in [2.24, 2.45) is 18.7 Å². The number of halogens is 2. The lowest BCUT2D eigenvalue weighted by molar-refractivity contribution is 0.509. The molecule has 2 N–H and O–H groups in total. The highest BCUT2D eigenvalue weighted by atomic mass is 79.9. The minimum absolute atomic E-state index is 0.204. The van der Waals surface area contributed by atoms with Crippen molar-refractivity contribution in [3.05, 3.63) is 51.5 Å². The average molecular weight is 354 g/mol.